The minimum absolute atomic E-state index is 0.0243. The van der Waals surface area contributed by atoms with E-state index in [2.05, 4.69) is 20.0 Å². The Balaban J connectivity index is 1.66. The van der Waals surface area contributed by atoms with Gasteiger partial charge in [-0.05, 0) is 61.9 Å². The van der Waals surface area contributed by atoms with Crippen molar-refractivity contribution in [3.05, 3.63) is 83.6 Å². The number of aryl methyl sites for hydroxylation is 2. The molecule has 2 N–H and O–H groups in total. The lowest BCUT2D eigenvalue weighted by atomic mass is 10.2. The van der Waals surface area contributed by atoms with Gasteiger partial charge in [0.25, 0.3) is 10.0 Å². The molecule has 9 heteroatoms. The van der Waals surface area contributed by atoms with E-state index in [-0.39, 0.29) is 16.5 Å². The number of benzene rings is 2. The highest BCUT2D eigenvalue weighted by molar-refractivity contribution is 7.92. The van der Waals surface area contributed by atoms with Gasteiger partial charge in [-0.25, -0.2) is 22.8 Å². The second-order valence-electron chi connectivity index (χ2n) is 6.45. The van der Waals surface area contributed by atoms with Gasteiger partial charge < -0.3 is 5.32 Å². The third-order valence-corrected chi connectivity index (χ3v) is 5.30. The van der Waals surface area contributed by atoms with E-state index in [0.29, 0.717) is 22.8 Å². The van der Waals surface area contributed by atoms with Crippen molar-refractivity contribution in [3.63, 3.8) is 0 Å². The van der Waals surface area contributed by atoms with Gasteiger partial charge in [0, 0.05) is 23.5 Å². The first-order valence-corrected chi connectivity index (χ1v) is 10.4. The molecule has 0 aliphatic rings. The van der Waals surface area contributed by atoms with Gasteiger partial charge in [0.2, 0.25) is 5.91 Å². The van der Waals surface area contributed by atoms with Crippen molar-refractivity contribution >= 4 is 33.5 Å². The highest BCUT2D eigenvalue weighted by Gasteiger charge is 2.15. The van der Waals surface area contributed by atoms with Crippen LogP contribution in [0.15, 0.2) is 65.6 Å². The number of anilines is 2. The first-order chi connectivity index (χ1) is 14.2. The topological polar surface area (TPSA) is 101 Å². The van der Waals surface area contributed by atoms with E-state index < -0.39 is 15.9 Å². The van der Waals surface area contributed by atoms with E-state index in [0.717, 1.165) is 0 Å². The lowest BCUT2D eigenvalue weighted by Gasteiger charge is -2.09. The molecule has 7 nitrogen and oxygen atoms in total. The van der Waals surface area contributed by atoms with Crippen molar-refractivity contribution < 1.29 is 17.6 Å². The number of nitrogens with one attached hydrogen (secondary N) is 2. The van der Waals surface area contributed by atoms with Crippen LogP contribution in [0.1, 0.15) is 17.1 Å². The maximum Gasteiger partial charge on any atom is 0.263 e. The van der Waals surface area contributed by atoms with Crippen molar-refractivity contribution in [2.45, 2.75) is 18.7 Å². The highest BCUT2D eigenvalue weighted by Crippen LogP contribution is 2.18. The van der Waals surface area contributed by atoms with Gasteiger partial charge in [-0.3, -0.25) is 9.52 Å². The molecular formula is C21H19FN4O3S. The lowest BCUT2D eigenvalue weighted by molar-refractivity contribution is -0.111. The van der Waals surface area contributed by atoms with Gasteiger partial charge in [0.05, 0.1) is 4.90 Å². The van der Waals surface area contributed by atoms with Gasteiger partial charge in [0.1, 0.15) is 17.5 Å². The summed E-state index contributed by atoms with van der Waals surface area (Å²) < 4.78 is 40.4. The number of carbonyl (C=O) groups excluding carboxylic acids is 1. The second-order valence-corrected chi connectivity index (χ2v) is 8.13. The van der Waals surface area contributed by atoms with Crippen LogP contribution < -0.4 is 10.0 Å². The van der Waals surface area contributed by atoms with E-state index >= 15 is 0 Å². The fourth-order valence-electron chi connectivity index (χ4n) is 2.61. The number of sulfonamides is 1. The van der Waals surface area contributed by atoms with Crippen LogP contribution in [0.25, 0.3) is 6.08 Å². The van der Waals surface area contributed by atoms with E-state index in [1.807, 2.05) is 0 Å². The van der Waals surface area contributed by atoms with Crippen LogP contribution in [0.5, 0.6) is 0 Å². The van der Waals surface area contributed by atoms with Crippen molar-refractivity contribution in [1.82, 2.24) is 9.97 Å². The molecule has 1 aromatic heterocycles. The smallest absolute Gasteiger partial charge is 0.263 e. The fraction of sp³-hybridized carbons (Fsp3) is 0.0952. The number of amides is 1. The quantitative estimate of drug-likeness (QED) is 0.586. The summed E-state index contributed by atoms with van der Waals surface area (Å²) in [4.78, 5) is 20.2. The first kappa shape index (κ1) is 21.1. The minimum atomic E-state index is -3.84. The molecule has 0 atom stereocenters. The molecule has 1 amide bonds. The summed E-state index contributed by atoms with van der Waals surface area (Å²) in [6.07, 6.45) is 2.85. The Morgan fingerprint density at radius 1 is 1.00 bits per heavy atom. The van der Waals surface area contributed by atoms with Gasteiger partial charge in [-0.2, -0.15) is 0 Å². The lowest BCUT2D eigenvalue weighted by Crippen LogP contribution is -2.15. The van der Waals surface area contributed by atoms with Crippen molar-refractivity contribution in [3.8, 4) is 0 Å². The van der Waals surface area contributed by atoms with Crippen LogP contribution in [0.4, 0.5) is 15.9 Å². The molecule has 0 aliphatic heterocycles. The number of aromatic nitrogens is 2. The van der Waals surface area contributed by atoms with Crippen molar-refractivity contribution in [2.75, 3.05) is 10.0 Å². The molecule has 1 heterocycles. The largest absolute Gasteiger partial charge is 0.323 e. The standard InChI is InChI=1S/C21H19FN4O3S/c1-14-13-20(24-15(2)23-14)26-30(28,29)19-10-8-18(9-11-19)25-21(27)12-5-16-3-6-17(22)7-4-16/h3-13H,1-2H3,(H,25,27)(H,23,24,26)/b12-5-. The maximum absolute atomic E-state index is 12.9. The van der Waals surface area contributed by atoms with Crippen LogP contribution in [0.2, 0.25) is 0 Å². The Kier molecular flexibility index (Phi) is 6.22. The van der Waals surface area contributed by atoms with E-state index in [1.54, 1.807) is 32.1 Å². The van der Waals surface area contributed by atoms with Crippen molar-refractivity contribution in [2.24, 2.45) is 0 Å². The van der Waals surface area contributed by atoms with Crippen LogP contribution in [-0.2, 0) is 14.8 Å². The molecule has 3 aromatic rings. The Morgan fingerprint density at radius 3 is 2.30 bits per heavy atom. The van der Waals surface area contributed by atoms with Crippen LogP contribution >= 0.6 is 0 Å². The molecule has 0 saturated heterocycles. The molecule has 0 bridgehead atoms. The van der Waals surface area contributed by atoms with E-state index in [9.17, 15) is 17.6 Å². The average Bonchev–Trinajstić information content (AvgIpc) is 2.67. The number of rotatable bonds is 6. The minimum Gasteiger partial charge on any atom is -0.323 e. The number of hydrogen-bond donors (Lipinski definition) is 2. The Morgan fingerprint density at radius 2 is 1.67 bits per heavy atom. The maximum atomic E-state index is 12.9. The van der Waals surface area contributed by atoms with Crippen molar-refractivity contribution in [1.29, 1.82) is 0 Å². The SMILES string of the molecule is Cc1cc(NS(=O)(=O)c2ccc(NC(=O)/C=C\c3ccc(F)cc3)cc2)nc(C)n1. The zero-order valence-corrected chi connectivity index (χ0v) is 17.1. The summed E-state index contributed by atoms with van der Waals surface area (Å²) in [5, 5.41) is 2.63. The molecule has 0 spiro atoms. The molecule has 0 unspecified atom stereocenters. The molecule has 0 saturated carbocycles. The van der Waals surface area contributed by atoms with Gasteiger partial charge in [-0.15, -0.1) is 0 Å². The monoisotopic (exact) mass is 426 g/mol. The van der Waals surface area contributed by atoms with Crippen LogP contribution in [0, 0.1) is 19.7 Å². The van der Waals surface area contributed by atoms with E-state index in [1.165, 1.54) is 48.5 Å². The van der Waals surface area contributed by atoms with Gasteiger partial charge >= 0.3 is 0 Å². The zero-order valence-electron chi connectivity index (χ0n) is 16.3. The number of halogens is 1. The van der Waals surface area contributed by atoms with Gasteiger partial charge in [0.15, 0.2) is 0 Å². The fourth-order valence-corrected chi connectivity index (χ4v) is 3.61. The van der Waals surface area contributed by atoms with Crippen LogP contribution in [-0.4, -0.2) is 24.3 Å². The molecule has 3 rings (SSSR count). The summed E-state index contributed by atoms with van der Waals surface area (Å²) in [7, 11) is -3.84. The highest BCUT2D eigenvalue weighted by atomic mass is 32.2. The molecular weight excluding hydrogens is 407 g/mol. The normalized spacial score (nSPS) is 11.4. The third-order valence-electron chi connectivity index (χ3n) is 3.93. The summed E-state index contributed by atoms with van der Waals surface area (Å²) >= 11 is 0. The Bertz CT molecular complexity index is 1170. The average molecular weight is 426 g/mol. The molecule has 154 valence electrons. The van der Waals surface area contributed by atoms with Crippen LogP contribution in [0.3, 0.4) is 0 Å². The first-order valence-electron chi connectivity index (χ1n) is 8.91. The summed E-state index contributed by atoms with van der Waals surface area (Å²) in [5.74, 6) is -0.117. The molecule has 0 radical (unpaired) electrons. The number of hydrogen-bond acceptors (Lipinski definition) is 5. The van der Waals surface area contributed by atoms with Gasteiger partial charge in [-0.1, -0.05) is 12.1 Å². The summed E-state index contributed by atoms with van der Waals surface area (Å²) in [6, 6.07) is 12.9. The molecule has 2 aromatic carbocycles. The predicted octanol–water partition coefficient (Wildman–Crippen LogP) is 3.69. The number of nitrogens with zero attached hydrogens (tertiary/aromatic N) is 2. The summed E-state index contributed by atoms with van der Waals surface area (Å²) in [5.41, 5.74) is 1.75. The Hall–Kier alpha value is -3.59. The third kappa shape index (κ3) is 5.71. The zero-order chi connectivity index (χ0) is 21.7. The second kappa shape index (κ2) is 8.83. The van der Waals surface area contributed by atoms with E-state index in [4.69, 9.17) is 0 Å². The number of carbonyl (C=O) groups is 1. The summed E-state index contributed by atoms with van der Waals surface area (Å²) in [6.45, 7) is 3.42. The molecule has 0 aliphatic carbocycles. The Labute approximate surface area is 173 Å². The predicted molar refractivity (Wildman–Crippen MR) is 113 cm³/mol. The molecule has 0 fully saturated rings. The molecule has 30 heavy (non-hydrogen) atoms.